The van der Waals surface area contributed by atoms with Gasteiger partial charge in [-0.05, 0) is 11.1 Å². The second-order valence-electron chi connectivity index (χ2n) is 4.85. The van der Waals surface area contributed by atoms with Crippen LogP contribution in [-0.2, 0) is 14.3 Å². The van der Waals surface area contributed by atoms with Crippen LogP contribution in [0.2, 0.25) is 0 Å². The van der Waals surface area contributed by atoms with Gasteiger partial charge in [0.1, 0.15) is 0 Å². The molecule has 0 aliphatic rings. The summed E-state index contributed by atoms with van der Waals surface area (Å²) in [5.74, 6) is -1.72. The Morgan fingerprint density at radius 2 is 1.33 bits per heavy atom. The zero-order valence-electron chi connectivity index (χ0n) is 12.5. The number of alkyl halides is 3. The molecule has 126 valence electrons. The average Bonchev–Trinajstić information content (AvgIpc) is 2.51. The van der Waals surface area contributed by atoms with E-state index in [9.17, 15) is 21.6 Å². The van der Waals surface area contributed by atoms with Crippen LogP contribution in [0.5, 0.6) is 0 Å². The highest BCUT2D eigenvalue weighted by Gasteiger charge is 2.38. The van der Waals surface area contributed by atoms with Crippen molar-refractivity contribution >= 4 is 15.7 Å². The molecule has 0 bridgehead atoms. The summed E-state index contributed by atoms with van der Waals surface area (Å²) in [5, 5.41) is 0. The second kappa shape index (κ2) is 6.95. The Morgan fingerprint density at radius 3 is 1.67 bits per heavy atom. The Balaban J connectivity index is 2.78. The monoisotopic (exact) mass is 354 g/mol. The smallest absolute Gasteiger partial charge is 0.369 e. The largest absolute Gasteiger partial charge is 0.458 e. The number of rotatable bonds is 4. The van der Waals surface area contributed by atoms with Gasteiger partial charge in [0.25, 0.3) is 5.76 Å². The van der Waals surface area contributed by atoms with Crippen LogP contribution >= 0.6 is 0 Å². The van der Waals surface area contributed by atoms with Gasteiger partial charge in [0.15, 0.2) is 0 Å². The summed E-state index contributed by atoms with van der Waals surface area (Å²) >= 11 is 0. The molecule has 0 aliphatic heterocycles. The first kappa shape index (κ1) is 17.8. The molecular formula is C17H13F3O3S. The lowest BCUT2D eigenvalue weighted by molar-refractivity contribution is -0.115. The molecular weight excluding hydrogens is 341 g/mol. The molecule has 24 heavy (non-hydrogen) atoms. The van der Waals surface area contributed by atoms with Crippen molar-refractivity contribution < 1.29 is 25.8 Å². The van der Waals surface area contributed by atoms with Gasteiger partial charge in [-0.25, -0.2) is 0 Å². The minimum atomic E-state index is -5.00. The molecule has 7 heteroatoms. The third-order valence-corrected chi connectivity index (χ3v) is 3.33. The standard InChI is InChI=1S/C17H13F3O3S/c1-24(21,22)23-16(17(18,19)20)12-15(13-8-4-2-5-9-13)14-10-6-3-7-11-14/h2-11H,1H3. The Hall–Kier alpha value is -2.50. The highest BCUT2D eigenvalue weighted by atomic mass is 32.2. The average molecular weight is 354 g/mol. The second-order valence-corrected chi connectivity index (χ2v) is 6.42. The first-order chi connectivity index (χ1) is 11.2. The first-order valence-electron chi connectivity index (χ1n) is 6.75. The Morgan fingerprint density at radius 1 is 0.917 bits per heavy atom. The van der Waals surface area contributed by atoms with Crippen molar-refractivity contribution in [3.63, 3.8) is 0 Å². The predicted octanol–water partition coefficient (Wildman–Crippen LogP) is 4.14. The molecule has 2 aromatic carbocycles. The Kier molecular flexibility index (Phi) is 5.17. The molecule has 0 radical (unpaired) electrons. The lowest BCUT2D eigenvalue weighted by Crippen LogP contribution is -2.17. The van der Waals surface area contributed by atoms with Crippen LogP contribution in [0.1, 0.15) is 11.1 Å². The summed E-state index contributed by atoms with van der Waals surface area (Å²) < 4.78 is 65.8. The highest BCUT2D eigenvalue weighted by Crippen LogP contribution is 2.30. The topological polar surface area (TPSA) is 43.4 Å². The van der Waals surface area contributed by atoms with Crippen LogP contribution in [-0.4, -0.2) is 20.8 Å². The van der Waals surface area contributed by atoms with E-state index in [1.54, 1.807) is 60.7 Å². The summed E-state index contributed by atoms with van der Waals surface area (Å²) in [6.45, 7) is 0. The molecule has 0 atom stereocenters. The van der Waals surface area contributed by atoms with E-state index in [2.05, 4.69) is 9.91 Å². The van der Waals surface area contributed by atoms with Crippen molar-refractivity contribution in [3.8, 4) is 0 Å². The molecule has 0 unspecified atom stereocenters. The number of hydrogen-bond donors (Lipinski definition) is 0. The SMILES string of the molecule is CS(=O)(=O)OC(=C=C(c1ccccc1)c1ccccc1)C(F)(F)F. The Bertz CT molecular complexity index is 823. The molecule has 0 aliphatic carbocycles. The fourth-order valence-electron chi connectivity index (χ4n) is 1.92. The van der Waals surface area contributed by atoms with Gasteiger partial charge < -0.3 is 4.18 Å². The summed E-state index contributed by atoms with van der Waals surface area (Å²) in [5.41, 5.74) is 3.06. The molecule has 0 N–H and O–H groups in total. The van der Waals surface area contributed by atoms with E-state index >= 15 is 0 Å². The molecule has 0 spiro atoms. The third kappa shape index (κ3) is 5.01. The van der Waals surface area contributed by atoms with Gasteiger partial charge in [0.2, 0.25) is 0 Å². The van der Waals surface area contributed by atoms with E-state index in [-0.39, 0.29) is 5.57 Å². The number of benzene rings is 2. The lowest BCUT2D eigenvalue weighted by atomic mass is 9.98. The van der Waals surface area contributed by atoms with E-state index in [4.69, 9.17) is 0 Å². The van der Waals surface area contributed by atoms with Crippen LogP contribution in [0.4, 0.5) is 13.2 Å². The number of allylic oxidation sites excluding steroid dienone is 1. The first-order valence-corrected chi connectivity index (χ1v) is 8.57. The van der Waals surface area contributed by atoms with Gasteiger partial charge in [-0.1, -0.05) is 66.4 Å². The fraction of sp³-hybridized carbons (Fsp3) is 0.118. The van der Waals surface area contributed by atoms with Crippen molar-refractivity contribution in [2.24, 2.45) is 0 Å². The zero-order valence-corrected chi connectivity index (χ0v) is 13.4. The quantitative estimate of drug-likeness (QED) is 0.471. The molecule has 2 rings (SSSR count). The molecule has 0 saturated heterocycles. The van der Waals surface area contributed by atoms with E-state index in [0.717, 1.165) is 0 Å². The molecule has 0 fully saturated rings. The maximum Gasteiger partial charge on any atom is 0.458 e. The van der Waals surface area contributed by atoms with Gasteiger partial charge in [-0.2, -0.15) is 21.6 Å². The molecule has 0 heterocycles. The van der Waals surface area contributed by atoms with Crippen LogP contribution in [0.3, 0.4) is 0 Å². The van der Waals surface area contributed by atoms with Crippen molar-refractivity contribution in [3.05, 3.63) is 83.3 Å². The minimum Gasteiger partial charge on any atom is -0.369 e. The maximum atomic E-state index is 13.1. The summed E-state index contributed by atoms with van der Waals surface area (Å²) in [4.78, 5) is 0. The normalized spacial score (nSPS) is 11.5. The van der Waals surface area contributed by atoms with Crippen molar-refractivity contribution in [1.29, 1.82) is 0 Å². The molecule has 3 nitrogen and oxygen atoms in total. The molecule has 0 amide bonds. The van der Waals surface area contributed by atoms with Crippen molar-refractivity contribution in [1.82, 2.24) is 0 Å². The van der Waals surface area contributed by atoms with Crippen LogP contribution in [0.25, 0.3) is 5.57 Å². The van der Waals surface area contributed by atoms with Gasteiger partial charge in [-0.3, -0.25) is 0 Å². The van der Waals surface area contributed by atoms with E-state index in [0.29, 0.717) is 17.4 Å². The van der Waals surface area contributed by atoms with Crippen molar-refractivity contribution in [2.45, 2.75) is 6.18 Å². The molecule has 2 aromatic rings. The summed E-state index contributed by atoms with van der Waals surface area (Å²) in [6, 6.07) is 16.5. The summed E-state index contributed by atoms with van der Waals surface area (Å²) in [6.07, 6.45) is -4.46. The zero-order chi connectivity index (χ0) is 17.8. The Labute approximate surface area is 137 Å². The van der Waals surface area contributed by atoms with Crippen molar-refractivity contribution in [2.75, 3.05) is 6.26 Å². The van der Waals surface area contributed by atoms with Gasteiger partial charge in [0, 0.05) is 5.57 Å². The predicted molar refractivity (Wildman–Crippen MR) is 84.4 cm³/mol. The molecule has 0 aromatic heterocycles. The van der Waals surface area contributed by atoms with E-state index in [1.807, 2.05) is 0 Å². The number of hydrogen-bond acceptors (Lipinski definition) is 3. The van der Waals surface area contributed by atoms with E-state index in [1.165, 1.54) is 0 Å². The summed E-state index contributed by atoms with van der Waals surface area (Å²) in [7, 11) is -4.35. The van der Waals surface area contributed by atoms with E-state index < -0.39 is 22.1 Å². The van der Waals surface area contributed by atoms with Crippen LogP contribution < -0.4 is 0 Å². The van der Waals surface area contributed by atoms with Gasteiger partial charge in [-0.15, -0.1) is 0 Å². The van der Waals surface area contributed by atoms with Gasteiger partial charge in [0.05, 0.1) is 6.26 Å². The van der Waals surface area contributed by atoms with Crippen LogP contribution in [0, 0.1) is 0 Å². The van der Waals surface area contributed by atoms with Crippen LogP contribution in [0.15, 0.2) is 72.2 Å². The third-order valence-electron chi connectivity index (χ3n) is 2.86. The molecule has 0 saturated carbocycles. The highest BCUT2D eigenvalue weighted by molar-refractivity contribution is 7.86. The lowest BCUT2D eigenvalue weighted by Gasteiger charge is -2.11. The van der Waals surface area contributed by atoms with Gasteiger partial charge >= 0.3 is 16.3 Å². The fourth-order valence-corrected chi connectivity index (χ4v) is 2.36. The maximum absolute atomic E-state index is 13.1. The minimum absolute atomic E-state index is 0.0761. The number of halogens is 3.